The van der Waals surface area contributed by atoms with E-state index in [1.165, 1.54) is 10.8 Å². The first-order valence-electron chi connectivity index (χ1n) is 4.35. The summed E-state index contributed by atoms with van der Waals surface area (Å²) in [5, 5.41) is 2.20. The first kappa shape index (κ1) is 6.78. The number of nitrogens with zero attached hydrogens (tertiary/aromatic N) is 2. The Morgan fingerprint density at radius 3 is 3.31 bits per heavy atom. The smallest absolute Gasteiger partial charge is 0.0899 e. The highest BCUT2D eigenvalue weighted by Crippen LogP contribution is 2.19. The van der Waals surface area contributed by atoms with Gasteiger partial charge in [-0.15, -0.1) is 0 Å². The Morgan fingerprint density at radius 1 is 1.31 bits per heavy atom. The molecule has 2 heterocycles. The SMILES string of the molecule is C1=CC2=c3ccncc3=NC2=CC1. The molecule has 0 amide bonds. The van der Waals surface area contributed by atoms with Crippen molar-refractivity contribution in [3.05, 3.63) is 53.0 Å². The molecule has 1 aromatic heterocycles. The molecule has 13 heavy (non-hydrogen) atoms. The van der Waals surface area contributed by atoms with Crippen LogP contribution in [-0.4, -0.2) is 4.98 Å². The van der Waals surface area contributed by atoms with Crippen molar-refractivity contribution in [1.82, 2.24) is 4.98 Å². The second-order valence-corrected chi connectivity index (χ2v) is 3.15. The van der Waals surface area contributed by atoms with Crippen LogP contribution in [0.3, 0.4) is 0 Å². The molecule has 0 radical (unpaired) electrons. The molecule has 0 atom stereocenters. The predicted molar refractivity (Wildman–Crippen MR) is 50.3 cm³/mol. The third-order valence-corrected chi connectivity index (χ3v) is 2.34. The molecule has 0 fully saturated rings. The van der Waals surface area contributed by atoms with Gasteiger partial charge in [-0.2, -0.15) is 0 Å². The van der Waals surface area contributed by atoms with Crippen LogP contribution in [0.15, 0.2) is 47.4 Å². The highest BCUT2D eigenvalue weighted by Gasteiger charge is 2.11. The minimum Gasteiger partial charge on any atom is -0.262 e. The third kappa shape index (κ3) is 0.886. The normalized spacial score (nSPS) is 17.5. The van der Waals surface area contributed by atoms with Crippen LogP contribution < -0.4 is 10.6 Å². The fourth-order valence-corrected chi connectivity index (χ4v) is 1.73. The molecule has 1 aromatic rings. The number of allylic oxidation sites excluding steroid dienone is 3. The Hall–Kier alpha value is -1.70. The number of rotatable bonds is 0. The largest absolute Gasteiger partial charge is 0.262 e. The fraction of sp³-hybridized carbons (Fsp3) is 0.0909. The van der Waals surface area contributed by atoms with E-state index in [1.54, 1.807) is 0 Å². The van der Waals surface area contributed by atoms with Gasteiger partial charge in [0, 0.05) is 17.0 Å². The highest BCUT2D eigenvalue weighted by atomic mass is 14.8. The van der Waals surface area contributed by atoms with Gasteiger partial charge in [0.05, 0.1) is 17.3 Å². The molecular weight excluding hydrogens is 160 g/mol. The van der Waals surface area contributed by atoms with Crippen molar-refractivity contribution in [2.24, 2.45) is 4.99 Å². The maximum Gasteiger partial charge on any atom is 0.0899 e. The molecule has 0 spiro atoms. The Kier molecular flexibility index (Phi) is 1.25. The fourth-order valence-electron chi connectivity index (χ4n) is 1.73. The van der Waals surface area contributed by atoms with Gasteiger partial charge >= 0.3 is 0 Å². The number of hydrogen-bond donors (Lipinski definition) is 0. The zero-order valence-electron chi connectivity index (χ0n) is 7.07. The van der Waals surface area contributed by atoms with Gasteiger partial charge in [-0.05, 0) is 12.5 Å². The summed E-state index contributed by atoms with van der Waals surface area (Å²) in [5.41, 5.74) is 2.34. The van der Waals surface area contributed by atoms with Gasteiger partial charge in [0.2, 0.25) is 0 Å². The number of pyridine rings is 1. The van der Waals surface area contributed by atoms with Crippen molar-refractivity contribution >= 4 is 5.57 Å². The van der Waals surface area contributed by atoms with Gasteiger partial charge in [0.25, 0.3) is 0 Å². The van der Waals surface area contributed by atoms with Crippen LogP contribution >= 0.6 is 0 Å². The molecule has 2 heteroatoms. The van der Waals surface area contributed by atoms with Crippen LogP contribution in [0.25, 0.3) is 5.57 Å². The van der Waals surface area contributed by atoms with Crippen LogP contribution in [-0.2, 0) is 0 Å². The van der Waals surface area contributed by atoms with Gasteiger partial charge in [-0.3, -0.25) is 4.98 Å². The monoisotopic (exact) mass is 168 g/mol. The molecule has 2 nitrogen and oxygen atoms in total. The Bertz CT molecular complexity index is 535. The standard InChI is InChI=1S/C11H8N2/c1-2-4-10-8(3-1)9-5-6-12-7-11(9)13-10/h1,3-7H,2H2. The van der Waals surface area contributed by atoms with E-state index in [0.29, 0.717) is 0 Å². The van der Waals surface area contributed by atoms with Crippen molar-refractivity contribution in [3.8, 4) is 0 Å². The summed E-state index contributed by atoms with van der Waals surface area (Å²) in [4.78, 5) is 8.54. The summed E-state index contributed by atoms with van der Waals surface area (Å²) in [6.45, 7) is 0. The van der Waals surface area contributed by atoms with E-state index in [9.17, 15) is 0 Å². The molecule has 3 rings (SSSR count). The molecule has 1 aliphatic heterocycles. The van der Waals surface area contributed by atoms with Gasteiger partial charge < -0.3 is 0 Å². The third-order valence-electron chi connectivity index (χ3n) is 2.34. The Balaban J connectivity index is 2.50. The average molecular weight is 168 g/mol. The molecule has 0 bridgehead atoms. The van der Waals surface area contributed by atoms with Gasteiger partial charge in [-0.1, -0.05) is 18.2 Å². The van der Waals surface area contributed by atoms with E-state index in [0.717, 1.165) is 17.5 Å². The summed E-state index contributed by atoms with van der Waals surface area (Å²) in [5.74, 6) is 0. The number of hydrogen-bond acceptors (Lipinski definition) is 2. The minimum absolute atomic E-state index is 0.990. The first-order chi connectivity index (χ1) is 6.45. The summed E-state index contributed by atoms with van der Waals surface area (Å²) in [6.07, 6.45) is 11.1. The lowest BCUT2D eigenvalue weighted by molar-refractivity contribution is 1.20. The van der Waals surface area contributed by atoms with Crippen molar-refractivity contribution in [1.29, 1.82) is 0 Å². The Morgan fingerprint density at radius 2 is 2.31 bits per heavy atom. The molecule has 1 aliphatic carbocycles. The molecule has 0 aromatic carbocycles. The van der Waals surface area contributed by atoms with E-state index >= 15 is 0 Å². The average Bonchev–Trinajstić information content (AvgIpc) is 2.56. The van der Waals surface area contributed by atoms with Crippen LogP contribution in [0.5, 0.6) is 0 Å². The molecule has 0 N–H and O–H groups in total. The number of fused-ring (bicyclic) bond motifs is 2. The zero-order chi connectivity index (χ0) is 8.67. The lowest BCUT2D eigenvalue weighted by Crippen LogP contribution is -2.22. The van der Waals surface area contributed by atoms with Crippen molar-refractivity contribution in [2.75, 3.05) is 0 Å². The van der Waals surface area contributed by atoms with E-state index in [4.69, 9.17) is 0 Å². The summed E-state index contributed by atoms with van der Waals surface area (Å²) in [6, 6.07) is 2.02. The summed E-state index contributed by atoms with van der Waals surface area (Å²) < 4.78 is 0. The second-order valence-electron chi connectivity index (χ2n) is 3.15. The first-order valence-corrected chi connectivity index (χ1v) is 4.35. The van der Waals surface area contributed by atoms with E-state index in [2.05, 4.69) is 28.2 Å². The summed E-state index contributed by atoms with van der Waals surface area (Å²) in [7, 11) is 0. The van der Waals surface area contributed by atoms with Gasteiger partial charge in [0.15, 0.2) is 0 Å². The summed E-state index contributed by atoms with van der Waals surface area (Å²) >= 11 is 0. The van der Waals surface area contributed by atoms with Crippen LogP contribution in [0.1, 0.15) is 6.42 Å². The molecule has 62 valence electrons. The molecule has 0 saturated carbocycles. The molecule has 2 aliphatic rings. The highest BCUT2D eigenvalue weighted by molar-refractivity contribution is 5.75. The predicted octanol–water partition coefficient (Wildman–Crippen LogP) is 0.709. The van der Waals surface area contributed by atoms with E-state index in [-0.39, 0.29) is 0 Å². The van der Waals surface area contributed by atoms with Crippen molar-refractivity contribution < 1.29 is 0 Å². The topological polar surface area (TPSA) is 25.2 Å². The maximum atomic E-state index is 4.48. The lowest BCUT2D eigenvalue weighted by atomic mass is 10.1. The Labute approximate surface area is 75.7 Å². The van der Waals surface area contributed by atoms with Crippen molar-refractivity contribution in [3.63, 3.8) is 0 Å². The van der Waals surface area contributed by atoms with Gasteiger partial charge in [-0.25, -0.2) is 4.99 Å². The van der Waals surface area contributed by atoms with Crippen molar-refractivity contribution in [2.45, 2.75) is 6.42 Å². The van der Waals surface area contributed by atoms with Gasteiger partial charge in [0.1, 0.15) is 0 Å². The molecule has 0 unspecified atom stereocenters. The van der Waals surface area contributed by atoms with Crippen LogP contribution in [0.2, 0.25) is 0 Å². The van der Waals surface area contributed by atoms with E-state index < -0.39 is 0 Å². The van der Waals surface area contributed by atoms with E-state index in [1.807, 2.05) is 18.5 Å². The second kappa shape index (κ2) is 2.39. The van der Waals surface area contributed by atoms with Crippen LogP contribution in [0.4, 0.5) is 0 Å². The molecular formula is C11H8N2. The zero-order valence-corrected chi connectivity index (χ0v) is 7.07. The number of aromatic nitrogens is 1. The lowest BCUT2D eigenvalue weighted by Gasteiger charge is -2.01. The quantitative estimate of drug-likeness (QED) is 0.560. The minimum atomic E-state index is 0.990. The van der Waals surface area contributed by atoms with Crippen LogP contribution in [0, 0.1) is 0 Å². The molecule has 0 saturated heterocycles. The maximum absolute atomic E-state index is 4.48.